The van der Waals surface area contributed by atoms with Crippen LogP contribution in [0.25, 0.3) is 0 Å². The lowest BCUT2D eigenvalue weighted by Crippen LogP contribution is -2.10. The topological polar surface area (TPSA) is 26.0 Å². The molecule has 0 heterocycles. The van der Waals surface area contributed by atoms with Crippen molar-refractivity contribution < 1.29 is 0 Å². The number of hydrogen-bond donors (Lipinski definition) is 1. The Labute approximate surface area is 45.2 Å². The predicted octanol–water partition coefficient (Wildman–Crippen LogP) is 1.16. The van der Waals surface area contributed by atoms with Crippen LogP contribution in [0.4, 0.5) is 0 Å². The summed E-state index contributed by atoms with van der Waals surface area (Å²) in [6.07, 6.45) is 0. The van der Waals surface area contributed by atoms with Gasteiger partial charge in [0, 0.05) is 0 Å². The summed E-state index contributed by atoms with van der Waals surface area (Å²) in [5.74, 6) is 0.486. The number of nitrogens with two attached hydrogens (primary N) is 1. The number of rotatable bonds is 2. The molecule has 0 radical (unpaired) electrons. The van der Waals surface area contributed by atoms with Crippen molar-refractivity contribution in [2.24, 2.45) is 11.7 Å². The van der Waals surface area contributed by atoms with Crippen LogP contribution in [0.5, 0.6) is 0 Å². The van der Waals surface area contributed by atoms with E-state index in [4.69, 9.17) is 5.73 Å². The molecule has 0 aliphatic carbocycles. The van der Waals surface area contributed by atoms with Crippen molar-refractivity contribution in [3.05, 3.63) is 12.2 Å². The maximum absolute atomic E-state index is 5.31. The van der Waals surface area contributed by atoms with Gasteiger partial charge in [-0.25, -0.2) is 0 Å². The molecule has 2 N–H and O–H groups in total. The van der Waals surface area contributed by atoms with E-state index in [1.165, 1.54) is 5.57 Å². The molecule has 42 valence electrons. The van der Waals surface area contributed by atoms with Crippen molar-refractivity contribution >= 4 is 0 Å². The molecule has 0 aromatic rings. The quantitative estimate of drug-likeness (QED) is 0.516. The van der Waals surface area contributed by atoms with Gasteiger partial charge in [-0.1, -0.05) is 19.1 Å². The van der Waals surface area contributed by atoms with Gasteiger partial charge in [0.2, 0.25) is 0 Å². The first kappa shape index (κ1) is 6.70. The average molecular weight is 99.2 g/mol. The summed E-state index contributed by atoms with van der Waals surface area (Å²) in [5.41, 5.74) is 6.48. The summed E-state index contributed by atoms with van der Waals surface area (Å²) in [6.45, 7) is 8.53. The van der Waals surface area contributed by atoms with Crippen molar-refractivity contribution in [3.8, 4) is 0 Å². The second-order valence-corrected chi connectivity index (χ2v) is 1.98. The van der Waals surface area contributed by atoms with E-state index >= 15 is 0 Å². The van der Waals surface area contributed by atoms with E-state index in [0.717, 1.165) is 6.54 Å². The maximum atomic E-state index is 5.31. The van der Waals surface area contributed by atoms with Crippen LogP contribution < -0.4 is 5.73 Å². The van der Waals surface area contributed by atoms with Crippen LogP contribution in [0.15, 0.2) is 12.2 Å². The molecule has 0 fully saturated rings. The Balaban J connectivity index is 3.34. The molecule has 0 rings (SSSR count). The Bertz CT molecular complexity index is 66.6. The van der Waals surface area contributed by atoms with E-state index in [1.807, 2.05) is 6.92 Å². The molecule has 0 aliphatic heterocycles. The Hall–Kier alpha value is -0.300. The highest BCUT2D eigenvalue weighted by atomic mass is 14.5. The Morgan fingerprint density at radius 2 is 2.29 bits per heavy atom. The van der Waals surface area contributed by atoms with Crippen molar-refractivity contribution in [3.63, 3.8) is 0 Å². The van der Waals surface area contributed by atoms with E-state index in [2.05, 4.69) is 13.5 Å². The Kier molecular flexibility index (Phi) is 2.68. The van der Waals surface area contributed by atoms with Crippen LogP contribution in [0.3, 0.4) is 0 Å². The molecule has 0 unspecified atom stereocenters. The van der Waals surface area contributed by atoms with Crippen molar-refractivity contribution in [2.45, 2.75) is 13.8 Å². The van der Waals surface area contributed by atoms with Crippen LogP contribution in [-0.4, -0.2) is 6.54 Å². The van der Waals surface area contributed by atoms with E-state index in [1.54, 1.807) is 0 Å². The fraction of sp³-hybridized carbons (Fsp3) is 0.667. The summed E-state index contributed by atoms with van der Waals surface area (Å²) in [4.78, 5) is 0. The third-order valence-corrected chi connectivity index (χ3v) is 1.19. The predicted molar refractivity (Wildman–Crippen MR) is 33.0 cm³/mol. The van der Waals surface area contributed by atoms with Gasteiger partial charge in [0.1, 0.15) is 0 Å². The lowest BCUT2D eigenvalue weighted by molar-refractivity contribution is 0.697. The molecule has 1 atom stereocenters. The minimum Gasteiger partial charge on any atom is -0.330 e. The van der Waals surface area contributed by atoms with E-state index in [9.17, 15) is 0 Å². The van der Waals surface area contributed by atoms with E-state index in [0.29, 0.717) is 5.92 Å². The van der Waals surface area contributed by atoms with Gasteiger partial charge in [-0.3, -0.25) is 0 Å². The van der Waals surface area contributed by atoms with Crippen molar-refractivity contribution in [1.82, 2.24) is 0 Å². The first-order valence-corrected chi connectivity index (χ1v) is 2.54. The highest BCUT2D eigenvalue weighted by Crippen LogP contribution is 2.02. The smallest absolute Gasteiger partial charge is 0.00144 e. The van der Waals surface area contributed by atoms with Crippen molar-refractivity contribution in [2.75, 3.05) is 6.54 Å². The van der Waals surface area contributed by atoms with Gasteiger partial charge in [0.05, 0.1) is 0 Å². The highest BCUT2D eigenvalue weighted by molar-refractivity contribution is 4.93. The molecule has 0 bridgehead atoms. The van der Waals surface area contributed by atoms with Crippen LogP contribution in [0.1, 0.15) is 13.8 Å². The molecule has 0 aromatic heterocycles. The second kappa shape index (κ2) is 2.80. The minimum absolute atomic E-state index is 0.486. The van der Waals surface area contributed by atoms with Gasteiger partial charge in [-0.05, 0) is 19.4 Å². The first-order valence-electron chi connectivity index (χ1n) is 2.54. The summed E-state index contributed by atoms with van der Waals surface area (Å²) in [6, 6.07) is 0. The first-order chi connectivity index (χ1) is 3.18. The van der Waals surface area contributed by atoms with Crippen LogP contribution in [0, 0.1) is 5.92 Å². The van der Waals surface area contributed by atoms with Gasteiger partial charge in [0.15, 0.2) is 0 Å². The van der Waals surface area contributed by atoms with Crippen LogP contribution in [-0.2, 0) is 0 Å². The van der Waals surface area contributed by atoms with E-state index in [-0.39, 0.29) is 0 Å². The zero-order chi connectivity index (χ0) is 5.86. The summed E-state index contributed by atoms with van der Waals surface area (Å²) >= 11 is 0. The Morgan fingerprint density at radius 3 is 2.29 bits per heavy atom. The summed E-state index contributed by atoms with van der Waals surface area (Å²) in [7, 11) is 0. The summed E-state index contributed by atoms with van der Waals surface area (Å²) in [5, 5.41) is 0. The van der Waals surface area contributed by atoms with Gasteiger partial charge in [0.25, 0.3) is 0 Å². The molecule has 0 aliphatic rings. The molecular formula is C6H13N. The fourth-order valence-electron chi connectivity index (χ4n) is 0.201. The zero-order valence-electron chi connectivity index (χ0n) is 5.07. The lowest BCUT2D eigenvalue weighted by Gasteiger charge is -2.04. The number of hydrogen-bond acceptors (Lipinski definition) is 1. The molecule has 0 aromatic carbocycles. The normalized spacial score (nSPS) is 13.6. The molecular weight excluding hydrogens is 86.1 g/mol. The Morgan fingerprint density at radius 1 is 1.86 bits per heavy atom. The van der Waals surface area contributed by atoms with Gasteiger partial charge >= 0.3 is 0 Å². The molecule has 0 spiro atoms. The maximum Gasteiger partial charge on any atom is -0.00144 e. The molecule has 1 nitrogen and oxygen atoms in total. The molecule has 0 amide bonds. The summed E-state index contributed by atoms with van der Waals surface area (Å²) < 4.78 is 0. The van der Waals surface area contributed by atoms with E-state index < -0.39 is 0 Å². The molecule has 0 saturated heterocycles. The largest absolute Gasteiger partial charge is 0.330 e. The minimum atomic E-state index is 0.486. The zero-order valence-corrected chi connectivity index (χ0v) is 5.07. The fourth-order valence-corrected chi connectivity index (χ4v) is 0.201. The van der Waals surface area contributed by atoms with Crippen LogP contribution >= 0.6 is 0 Å². The standard InChI is InChI=1S/C6H13N/c1-5(2)6(3)4-7/h6H,1,4,7H2,2-3H3/t6-/m0/s1. The van der Waals surface area contributed by atoms with Crippen molar-refractivity contribution in [1.29, 1.82) is 0 Å². The van der Waals surface area contributed by atoms with Gasteiger partial charge in [-0.15, -0.1) is 0 Å². The average Bonchev–Trinajstić information content (AvgIpc) is 1.65. The lowest BCUT2D eigenvalue weighted by atomic mass is 10.1. The highest BCUT2D eigenvalue weighted by Gasteiger charge is 1.94. The third-order valence-electron chi connectivity index (χ3n) is 1.19. The monoisotopic (exact) mass is 99.1 g/mol. The SMILES string of the molecule is C=C(C)[C@@H](C)CN. The van der Waals surface area contributed by atoms with Gasteiger partial charge < -0.3 is 5.73 Å². The second-order valence-electron chi connectivity index (χ2n) is 1.98. The third kappa shape index (κ3) is 2.40. The van der Waals surface area contributed by atoms with Crippen LogP contribution in [0.2, 0.25) is 0 Å². The molecule has 7 heavy (non-hydrogen) atoms. The molecule has 0 saturated carbocycles. The van der Waals surface area contributed by atoms with Gasteiger partial charge in [-0.2, -0.15) is 0 Å². The molecule has 1 heteroatoms.